The molecule has 0 spiro atoms. The Bertz CT molecular complexity index is 842. The second-order valence-electron chi connectivity index (χ2n) is 6.45. The molecule has 1 aliphatic rings. The number of nitriles is 1. The highest BCUT2D eigenvalue weighted by Gasteiger charge is 2.32. The van der Waals surface area contributed by atoms with Crippen LogP contribution in [0.4, 0.5) is 17.3 Å². The summed E-state index contributed by atoms with van der Waals surface area (Å²) in [4.78, 5) is 4.49. The Balaban J connectivity index is 2.13. The fourth-order valence-electron chi connectivity index (χ4n) is 2.97. The molecule has 0 saturated heterocycles. The number of anilines is 3. The van der Waals surface area contributed by atoms with E-state index in [1.165, 1.54) is 0 Å². The lowest BCUT2D eigenvalue weighted by molar-refractivity contribution is -0.0399. The predicted molar refractivity (Wildman–Crippen MR) is 95.6 cm³/mol. The molecule has 0 radical (unpaired) electrons. The molecule has 7 nitrogen and oxygen atoms in total. The van der Waals surface area contributed by atoms with Gasteiger partial charge in [-0.15, -0.1) is 0 Å². The lowest BCUT2D eigenvalue weighted by Crippen LogP contribution is -2.33. The van der Waals surface area contributed by atoms with Gasteiger partial charge < -0.3 is 20.2 Å². The molecular formula is C18H21N5O2. The van der Waals surface area contributed by atoms with Crippen molar-refractivity contribution in [3.63, 3.8) is 0 Å². The third-order valence-electron chi connectivity index (χ3n) is 4.23. The highest BCUT2D eigenvalue weighted by atomic mass is 16.5. The SMILES string of the molecule is COc1ccccc1Nc1nc(NN)c2c(c1C#N)CC(C)(C)OC2. The molecule has 3 rings (SSSR count). The lowest BCUT2D eigenvalue weighted by atomic mass is 9.89. The van der Waals surface area contributed by atoms with Crippen molar-refractivity contribution in [1.29, 1.82) is 5.26 Å². The number of hydrogen-bond donors (Lipinski definition) is 3. The quantitative estimate of drug-likeness (QED) is 0.581. The topological polar surface area (TPSA) is 105 Å². The van der Waals surface area contributed by atoms with Crippen LogP contribution < -0.4 is 21.3 Å². The summed E-state index contributed by atoms with van der Waals surface area (Å²) in [7, 11) is 1.60. The van der Waals surface area contributed by atoms with Crippen molar-refractivity contribution in [3.05, 3.63) is 41.0 Å². The minimum Gasteiger partial charge on any atom is -0.495 e. The number of nitrogens with zero attached hydrogens (tertiary/aromatic N) is 2. The third kappa shape index (κ3) is 3.22. The number of rotatable bonds is 4. The van der Waals surface area contributed by atoms with Gasteiger partial charge in [0.25, 0.3) is 0 Å². The highest BCUT2D eigenvalue weighted by molar-refractivity contribution is 5.72. The van der Waals surface area contributed by atoms with Gasteiger partial charge in [-0.3, -0.25) is 0 Å². The maximum Gasteiger partial charge on any atom is 0.151 e. The van der Waals surface area contributed by atoms with Gasteiger partial charge >= 0.3 is 0 Å². The summed E-state index contributed by atoms with van der Waals surface area (Å²) < 4.78 is 11.2. The van der Waals surface area contributed by atoms with Crippen LogP contribution in [0.15, 0.2) is 24.3 Å². The van der Waals surface area contributed by atoms with Crippen LogP contribution in [0.2, 0.25) is 0 Å². The van der Waals surface area contributed by atoms with Crippen molar-refractivity contribution < 1.29 is 9.47 Å². The van der Waals surface area contributed by atoms with E-state index < -0.39 is 0 Å². The zero-order valence-electron chi connectivity index (χ0n) is 14.5. The maximum absolute atomic E-state index is 9.76. The normalized spacial score (nSPS) is 15.0. The van der Waals surface area contributed by atoms with Crippen molar-refractivity contribution in [3.8, 4) is 11.8 Å². The number of hydrogen-bond acceptors (Lipinski definition) is 7. The summed E-state index contributed by atoms with van der Waals surface area (Å²) in [5, 5.41) is 13.0. The zero-order chi connectivity index (χ0) is 18.0. The summed E-state index contributed by atoms with van der Waals surface area (Å²) in [6.07, 6.45) is 0.600. The van der Waals surface area contributed by atoms with Crippen LogP contribution in [0.1, 0.15) is 30.5 Å². The number of aromatic nitrogens is 1. The van der Waals surface area contributed by atoms with E-state index >= 15 is 0 Å². The Kier molecular flexibility index (Phi) is 4.49. The number of methoxy groups -OCH3 is 1. The molecule has 2 aromatic rings. The number of nitrogens with two attached hydrogens (primary N) is 1. The standard InChI is InChI=1S/C18H21N5O2/c1-18(2)8-11-12(9-19)16(22-17(23-20)13(11)10-25-18)21-14-6-4-5-7-15(14)24-3/h4-7H,8,10,20H2,1-3H3,(H2,21,22,23). The van der Waals surface area contributed by atoms with Gasteiger partial charge in [0.05, 0.1) is 30.6 Å². The molecule has 0 fully saturated rings. The van der Waals surface area contributed by atoms with Gasteiger partial charge in [-0.25, -0.2) is 10.8 Å². The van der Waals surface area contributed by atoms with Crippen LogP contribution in [-0.2, 0) is 17.8 Å². The molecule has 0 unspecified atom stereocenters. The van der Waals surface area contributed by atoms with Crippen molar-refractivity contribution in [2.45, 2.75) is 32.5 Å². The fourth-order valence-corrected chi connectivity index (χ4v) is 2.97. The second-order valence-corrected chi connectivity index (χ2v) is 6.45. The number of ether oxygens (including phenoxy) is 2. The molecule has 1 aromatic heterocycles. The lowest BCUT2D eigenvalue weighted by Gasteiger charge is -2.33. The molecule has 1 aromatic carbocycles. The van der Waals surface area contributed by atoms with Gasteiger partial charge in [0.2, 0.25) is 0 Å². The summed E-state index contributed by atoms with van der Waals surface area (Å²) in [6.45, 7) is 4.36. The van der Waals surface area contributed by atoms with Crippen molar-refractivity contribution in [1.82, 2.24) is 4.98 Å². The fraction of sp³-hybridized carbons (Fsp3) is 0.333. The largest absolute Gasteiger partial charge is 0.495 e. The van der Waals surface area contributed by atoms with Crippen LogP contribution in [0, 0.1) is 11.3 Å². The molecule has 0 aliphatic carbocycles. The Hall–Kier alpha value is -2.82. The van der Waals surface area contributed by atoms with Gasteiger partial charge in [-0.1, -0.05) is 12.1 Å². The Morgan fingerprint density at radius 3 is 2.72 bits per heavy atom. The minimum absolute atomic E-state index is 0.354. The number of fused-ring (bicyclic) bond motifs is 1. The van der Waals surface area contributed by atoms with Crippen LogP contribution in [0.5, 0.6) is 5.75 Å². The number of para-hydroxylation sites is 2. The first kappa shape index (κ1) is 17.0. The summed E-state index contributed by atoms with van der Waals surface area (Å²) in [6, 6.07) is 9.74. The van der Waals surface area contributed by atoms with Crippen LogP contribution in [-0.4, -0.2) is 17.7 Å². The summed E-state index contributed by atoms with van der Waals surface area (Å²) in [5.74, 6) is 7.25. The van der Waals surface area contributed by atoms with Crippen molar-refractivity contribution in [2.24, 2.45) is 5.84 Å². The average molecular weight is 339 g/mol. The van der Waals surface area contributed by atoms with Crippen LogP contribution in [0.25, 0.3) is 0 Å². The molecule has 0 bridgehead atoms. The second kappa shape index (κ2) is 6.59. The molecule has 4 N–H and O–H groups in total. The monoisotopic (exact) mass is 339 g/mol. The van der Waals surface area contributed by atoms with Gasteiger partial charge in [0, 0.05) is 12.0 Å². The first-order chi connectivity index (χ1) is 12.0. The number of hydrazine groups is 1. The van der Waals surface area contributed by atoms with Crippen molar-refractivity contribution >= 4 is 17.3 Å². The van der Waals surface area contributed by atoms with E-state index in [9.17, 15) is 5.26 Å². The first-order valence-corrected chi connectivity index (χ1v) is 7.95. The molecule has 2 heterocycles. The van der Waals surface area contributed by atoms with Gasteiger partial charge in [0.1, 0.15) is 17.6 Å². The molecular weight excluding hydrogens is 318 g/mol. The van der Waals surface area contributed by atoms with E-state index in [0.717, 1.165) is 16.8 Å². The smallest absolute Gasteiger partial charge is 0.151 e. The van der Waals surface area contributed by atoms with Gasteiger partial charge in [-0.05, 0) is 31.5 Å². The van der Waals surface area contributed by atoms with Gasteiger partial charge in [0.15, 0.2) is 5.82 Å². The van der Waals surface area contributed by atoms with E-state index in [1.54, 1.807) is 7.11 Å². The number of nitrogens with one attached hydrogen (secondary N) is 2. The average Bonchev–Trinajstić information content (AvgIpc) is 2.60. The van der Waals surface area contributed by atoms with Crippen LogP contribution >= 0.6 is 0 Å². The molecule has 7 heteroatoms. The maximum atomic E-state index is 9.76. The summed E-state index contributed by atoms with van der Waals surface area (Å²) >= 11 is 0. The minimum atomic E-state index is -0.354. The molecule has 0 atom stereocenters. The van der Waals surface area contributed by atoms with E-state index in [4.69, 9.17) is 15.3 Å². The Labute approximate surface area is 146 Å². The first-order valence-electron chi connectivity index (χ1n) is 7.95. The number of pyridine rings is 1. The highest BCUT2D eigenvalue weighted by Crippen LogP contribution is 2.37. The molecule has 130 valence electrons. The van der Waals surface area contributed by atoms with E-state index in [-0.39, 0.29) is 5.60 Å². The van der Waals surface area contributed by atoms with E-state index in [2.05, 4.69) is 21.8 Å². The van der Waals surface area contributed by atoms with Crippen molar-refractivity contribution in [2.75, 3.05) is 17.9 Å². The number of benzene rings is 1. The molecule has 0 saturated carbocycles. The Morgan fingerprint density at radius 2 is 2.04 bits per heavy atom. The number of nitrogen functional groups attached to an aromatic ring is 1. The summed E-state index contributed by atoms with van der Waals surface area (Å²) in [5.41, 5.74) is 5.21. The van der Waals surface area contributed by atoms with Crippen LogP contribution in [0.3, 0.4) is 0 Å². The van der Waals surface area contributed by atoms with E-state index in [1.807, 2.05) is 38.1 Å². The third-order valence-corrected chi connectivity index (χ3v) is 4.23. The molecule has 0 amide bonds. The predicted octanol–water partition coefficient (Wildman–Crippen LogP) is 2.84. The van der Waals surface area contributed by atoms with E-state index in [0.29, 0.717) is 36.0 Å². The zero-order valence-corrected chi connectivity index (χ0v) is 14.5. The molecule has 25 heavy (non-hydrogen) atoms. The Morgan fingerprint density at radius 1 is 1.28 bits per heavy atom. The molecule has 1 aliphatic heterocycles. The van der Waals surface area contributed by atoms with Gasteiger partial charge in [-0.2, -0.15) is 5.26 Å².